The Labute approximate surface area is 115 Å². The number of carbonyl (C=O) groups excluding carboxylic acids is 1. The number of halogens is 1. The highest BCUT2D eigenvalue weighted by molar-refractivity contribution is 6.30. The molecule has 5 nitrogen and oxygen atoms in total. The van der Waals surface area contributed by atoms with E-state index in [1.54, 1.807) is 0 Å². The maximum Gasteiger partial charge on any atom is 0.339 e. The van der Waals surface area contributed by atoms with Gasteiger partial charge in [-0.3, -0.25) is 4.79 Å². The van der Waals surface area contributed by atoms with Crippen molar-refractivity contribution in [2.24, 2.45) is 0 Å². The zero-order valence-electron chi connectivity index (χ0n) is 10.1. The zero-order valence-corrected chi connectivity index (χ0v) is 10.9. The minimum atomic E-state index is -1.16. The van der Waals surface area contributed by atoms with E-state index in [4.69, 9.17) is 27.9 Å². The molecule has 0 aliphatic rings. The van der Waals surface area contributed by atoms with Crippen LogP contribution in [0.15, 0.2) is 18.2 Å². The van der Waals surface area contributed by atoms with Crippen LogP contribution in [-0.4, -0.2) is 29.6 Å². The summed E-state index contributed by atoms with van der Waals surface area (Å²) in [5.41, 5.74) is -0.0685. The number of carboxylic acid groups (broad SMARTS) is 1. The lowest BCUT2D eigenvalue weighted by Gasteiger charge is -2.15. The van der Waals surface area contributed by atoms with Crippen LogP contribution in [0.5, 0.6) is 5.75 Å². The predicted octanol–water partition coefficient (Wildman–Crippen LogP) is 1.55. The third kappa shape index (κ3) is 4.19. The molecule has 0 heterocycles. The average molecular weight is 282 g/mol. The summed E-state index contributed by atoms with van der Waals surface area (Å²) in [6.45, 7) is 1.56. The van der Waals surface area contributed by atoms with Crippen molar-refractivity contribution in [1.82, 2.24) is 5.32 Å². The summed E-state index contributed by atoms with van der Waals surface area (Å²) < 4.78 is 5.30. The van der Waals surface area contributed by atoms with E-state index in [2.05, 4.69) is 11.2 Å². The van der Waals surface area contributed by atoms with E-state index in [0.717, 1.165) is 0 Å². The van der Waals surface area contributed by atoms with Crippen molar-refractivity contribution < 1.29 is 19.4 Å². The zero-order chi connectivity index (χ0) is 14.4. The first-order valence-corrected chi connectivity index (χ1v) is 5.74. The summed E-state index contributed by atoms with van der Waals surface area (Å²) in [4.78, 5) is 22.6. The first-order valence-electron chi connectivity index (χ1n) is 5.36. The molecular formula is C13H12ClNO4. The summed E-state index contributed by atoms with van der Waals surface area (Å²) in [5, 5.41) is 11.8. The van der Waals surface area contributed by atoms with E-state index in [1.165, 1.54) is 25.1 Å². The second-order valence-corrected chi connectivity index (χ2v) is 4.06. The van der Waals surface area contributed by atoms with Gasteiger partial charge in [0.1, 0.15) is 11.3 Å². The molecule has 1 aromatic carbocycles. The van der Waals surface area contributed by atoms with Crippen molar-refractivity contribution in [3.63, 3.8) is 0 Å². The molecule has 1 unspecified atom stereocenters. The summed E-state index contributed by atoms with van der Waals surface area (Å²) >= 11 is 5.77. The fraction of sp³-hybridized carbons (Fsp3) is 0.231. The number of benzene rings is 1. The SMILES string of the molecule is C#CCNC(=O)C(C)Oc1cc(Cl)ccc1C(=O)O. The number of hydrogen-bond donors (Lipinski definition) is 2. The number of rotatable bonds is 5. The van der Waals surface area contributed by atoms with Gasteiger partial charge in [0, 0.05) is 5.02 Å². The van der Waals surface area contributed by atoms with Gasteiger partial charge in [-0.25, -0.2) is 4.79 Å². The molecule has 0 saturated heterocycles. The van der Waals surface area contributed by atoms with Crippen LogP contribution in [0.3, 0.4) is 0 Å². The summed E-state index contributed by atoms with van der Waals surface area (Å²) in [6, 6.07) is 4.09. The standard InChI is InChI=1S/C13H12ClNO4/c1-3-6-15-12(16)8(2)19-11-7-9(14)4-5-10(11)13(17)18/h1,4-5,7-8H,6H2,2H3,(H,15,16)(H,17,18). The lowest BCUT2D eigenvalue weighted by atomic mass is 10.2. The molecule has 19 heavy (non-hydrogen) atoms. The van der Waals surface area contributed by atoms with Crippen LogP contribution < -0.4 is 10.1 Å². The van der Waals surface area contributed by atoms with Crippen molar-refractivity contribution in [3.8, 4) is 18.1 Å². The third-order valence-electron chi connectivity index (χ3n) is 2.21. The van der Waals surface area contributed by atoms with Crippen LogP contribution in [0.4, 0.5) is 0 Å². The lowest BCUT2D eigenvalue weighted by Crippen LogP contribution is -2.36. The van der Waals surface area contributed by atoms with E-state index < -0.39 is 18.0 Å². The quantitative estimate of drug-likeness (QED) is 0.803. The van der Waals surface area contributed by atoms with Crippen molar-refractivity contribution in [2.45, 2.75) is 13.0 Å². The van der Waals surface area contributed by atoms with Crippen molar-refractivity contribution in [3.05, 3.63) is 28.8 Å². The van der Waals surface area contributed by atoms with Crippen LogP contribution in [0.1, 0.15) is 17.3 Å². The second-order valence-electron chi connectivity index (χ2n) is 3.63. The summed E-state index contributed by atoms with van der Waals surface area (Å²) in [7, 11) is 0. The number of terminal acetylenes is 1. The van der Waals surface area contributed by atoms with Crippen LogP contribution in [0, 0.1) is 12.3 Å². The maximum atomic E-state index is 11.6. The Bertz CT molecular complexity index is 536. The van der Waals surface area contributed by atoms with Gasteiger partial charge in [-0.1, -0.05) is 17.5 Å². The molecule has 0 fully saturated rings. The van der Waals surface area contributed by atoms with Gasteiger partial charge in [0.2, 0.25) is 0 Å². The topological polar surface area (TPSA) is 75.6 Å². The minimum absolute atomic E-state index is 0.0309. The van der Waals surface area contributed by atoms with E-state index in [-0.39, 0.29) is 17.9 Å². The van der Waals surface area contributed by atoms with E-state index in [9.17, 15) is 9.59 Å². The molecule has 0 aliphatic heterocycles. The number of carboxylic acids is 1. The van der Waals surface area contributed by atoms with Gasteiger partial charge < -0.3 is 15.2 Å². The van der Waals surface area contributed by atoms with Gasteiger partial charge >= 0.3 is 5.97 Å². The predicted molar refractivity (Wildman–Crippen MR) is 70.3 cm³/mol. The highest BCUT2D eigenvalue weighted by atomic mass is 35.5. The molecule has 1 atom stereocenters. The highest BCUT2D eigenvalue weighted by Gasteiger charge is 2.18. The summed E-state index contributed by atoms with van der Waals surface area (Å²) in [6.07, 6.45) is 4.13. The Kier molecular flexibility index (Phi) is 5.22. The van der Waals surface area contributed by atoms with Gasteiger partial charge in [0.05, 0.1) is 6.54 Å². The van der Waals surface area contributed by atoms with Gasteiger partial charge in [-0.2, -0.15) is 0 Å². The Morgan fingerprint density at radius 3 is 2.84 bits per heavy atom. The molecule has 1 aromatic rings. The molecule has 2 N–H and O–H groups in total. The lowest BCUT2D eigenvalue weighted by molar-refractivity contribution is -0.127. The van der Waals surface area contributed by atoms with E-state index in [0.29, 0.717) is 5.02 Å². The van der Waals surface area contributed by atoms with Gasteiger partial charge in [0.25, 0.3) is 5.91 Å². The number of amides is 1. The molecule has 0 radical (unpaired) electrons. The van der Waals surface area contributed by atoms with Crippen LogP contribution in [0.2, 0.25) is 5.02 Å². The van der Waals surface area contributed by atoms with Gasteiger partial charge in [-0.15, -0.1) is 6.42 Å². The van der Waals surface area contributed by atoms with Gasteiger partial charge in [-0.05, 0) is 25.1 Å². The van der Waals surface area contributed by atoms with E-state index >= 15 is 0 Å². The Hall–Kier alpha value is -2.19. The second kappa shape index (κ2) is 6.66. The van der Waals surface area contributed by atoms with Crippen LogP contribution in [-0.2, 0) is 4.79 Å². The first kappa shape index (κ1) is 14.9. The number of hydrogen-bond acceptors (Lipinski definition) is 3. The Balaban J connectivity index is 2.87. The molecule has 0 saturated carbocycles. The van der Waals surface area contributed by atoms with Crippen molar-refractivity contribution in [2.75, 3.05) is 6.54 Å². The van der Waals surface area contributed by atoms with Crippen molar-refractivity contribution >= 4 is 23.5 Å². The normalized spacial score (nSPS) is 11.2. The molecule has 0 aliphatic carbocycles. The molecule has 0 bridgehead atoms. The third-order valence-corrected chi connectivity index (χ3v) is 2.45. The molecule has 0 spiro atoms. The van der Waals surface area contributed by atoms with Crippen LogP contribution in [0.25, 0.3) is 0 Å². The monoisotopic (exact) mass is 281 g/mol. The fourth-order valence-corrected chi connectivity index (χ4v) is 1.46. The van der Waals surface area contributed by atoms with Crippen molar-refractivity contribution in [1.29, 1.82) is 0 Å². The number of aromatic carboxylic acids is 1. The number of carbonyl (C=O) groups is 2. The molecule has 6 heteroatoms. The van der Waals surface area contributed by atoms with E-state index in [1.807, 2.05) is 0 Å². The highest BCUT2D eigenvalue weighted by Crippen LogP contribution is 2.24. The molecule has 100 valence electrons. The smallest absolute Gasteiger partial charge is 0.339 e. The minimum Gasteiger partial charge on any atom is -0.480 e. The average Bonchev–Trinajstić information content (AvgIpc) is 2.35. The first-order chi connectivity index (χ1) is 8.95. The molecule has 1 rings (SSSR count). The summed E-state index contributed by atoms with van der Waals surface area (Å²) in [5.74, 6) is 0.684. The number of ether oxygens (including phenoxy) is 1. The molecule has 1 amide bonds. The Morgan fingerprint density at radius 1 is 1.58 bits per heavy atom. The Morgan fingerprint density at radius 2 is 2.26 bits per heavy atom. The molecule has 0 aromatic heterocycles. The largest absolute Gasteiger partial charge is 0.480 e. The fourth-order valence-electron chi connectivity index (χ4n) is 1.30. The van der Waals surface area contributed by atoms with Crippen LogP contribution >= 0.6 is 11.6 Å². The number of nitrogens with one attached hydrogen (secondary N) is 1. The molecular weight excluding hydrogens is 270 g/mol. The van der Waals surface area contributed by atoms with Gasteiger partial charge in [0.15, 0.2) is 6.10 Å². The maximum absolute atomic E-state index is 11.6.